The van der Waals surface area contributed by atoms with E-state index in [1.165, 1.54) is 11.6 Å². The molecule has 4 rings (SSSR count). The Labute approximate surface area is 150 Å². The maximum Gasteiger partial charge on any atom is 0.336 e. The van der Waals surface area contributed by atoms with Crippen LogP contribution in [0.2, 0.25) is 5.02 Å². The Hall–Kier alpha value is -2.46. The van der Waals surface area contributed by atoms with E-state index in [1.54, 1.807) is 0 Å². The van der Waals surface area contributed by atoms with Crippen molar-refractivity contribution in [2.45, 2.75) is 26.8 Å². The molecular formula is C20H18ClNO3. The second-order valence-corrected chi connectivity index (χ2v) is 6.70. The molecule has 0 aliphatic carbocycles. The number of halogens is 1. The van der Waals surface area contributed by atoms with Crippen LogP contribution in [-0.4, -0.2) is 6.73 Å². The molecule has 5 heteroatoms. The normalized spacial score (nSPS) is 13.6. The lowest BCUT2D eigenvalue weighted by molar-refractivity contribution is 0.289. The lowest BCUT2D eigenvalue weighted by atomic mass is 10.0. The van der Waals surface area contributed by atoms with Gasteiger partial charge in [-0.25, -0.2) is 4.79 Å². The molecule has 0 fully saturated rings. The molecule has 2 aromatic carbocycles. The smallest absolute Gasteiger partial charge is 0.336 e. The van der Waals surface area contributed by atoms with Crippen LogP contribution in [0.4, 0.5) is 5.69 Å². The highest BCUT2D eigenvalue weighted by molar-refractivity contribution is 6.33. The molecule has 0 atom stereocenters. The molecule has 4 nitrogen and oxygen atoms in total. The number of fused-ring (bicyclic) bond motifs is 3. The number of rotatable bonds is 2. The van der Waals surface area contributed by atoms with Crippen molar-refractivity contribution >= 4 is 28.3 Å². The fourth-order valence-electron chi connectivity index (χ4n) is 3.33. The van der Waals surface area contributed by atoms with Gasteiger partial charge in [0.15, 0.2) is 6.73 Å². The Bertz CT molecular complexity index is 1030. The predicted molar refractivity (Wildman–Crippen MR) is 99.7 cm³/mol. The lowest BCUT2D eigenvalue weighted by Gasteiger charge is -2.31. The average Bonchev–Trinajstić information content (AvgIpc) is 2.61. The van der Waals surface area contributed by atoms with E-state index >= 15 is 0 Å². The zero-order valence-electron chi connectivity index (χ0n) is 14.1. The van der Waals surface area contributed by atoms with Crippen LogP contribution in [0, 0.1) is 6.92 Å². The van der Waals surface area contributed by atoms with E-state index in [0.717, 1.165) is 28.6 Å². The maximum absolute atomic E-state index is 12.0. The summed E-state index contributed by atoms with van der Waals surface area (Å²) in [4.78, 5) is 14.1. The van der Waals surface area contributed by atoms with E-state index in [0.29, 0.717) is 29.6 Å². The molecule has 1 aromatic heterocycles. The summed E-state index contributed by atoms with van der Waals surface area (Å²) < 4.78 is 11.5. The Morgan fingerprint density at radius 2 is 2.08 bits per heavy atom. The van der Waals surface area contributed by atoms with Gasteiger partial charge in [0, 0.05) is 17.1 Å². The number of nitrogens with zero attached hydrogens (tertiary/aromatic N) is 1. The van der Waals surface area contributed by atoms with Gasteiger partial charge < -0.3 is 14.1 Å². The number of hydrogen-bond acceptors (Lipinski definition) is 4. The lowest BCUT2D eigenvalue weighted by Crippen LogP contribution is -2.32. The van der Waals surface area contributed by atoms with Crippen molar-refractivity contribution in [1.82, 2.24) is 0 Å². The summed E-state index contributed by atoms with van der Waals surface area (Å²) in [6.07, 6.45) is 0.736. The second-order valence-electron chi connectivity index (χ2n) is 6.30. The predicted octanol–water partition coefficient (Wildman–Crippen LogP) is 4.67. The fourth-order valence-corrected chi connectivity index (χ4v) is 3.61. The molecule has 1 aliphatic rings. The van der Waals surface area contributed by atoms with Gasteiger partial charge in [-0.2, -0.15) is 0 Å². The molecule has 0 unspecified atom stereocenters. The van der Waals surface area contributed by atoms with E-state index in [2.05, 4.69) is 24.0 Å². The maximum atomic E-state index is 12.0. The molecule has 0 radical (unpaired) electrons. The minimum atomic E-state index is -0.346. The zero-order valence-corrected chi connectivity index (χ0v) is 14.9. The molecule has 128 valence electrons. The van der Waals surface area contributed by atoms with Crippen molar-refractivity contribution in [3.63, 3.8) is 0 Å². The summed E-state index contributed by atoms with van der Waals surface area (Å²) in [6.45, 7) is 5.05. The van der Waals surface area contributed by atoms with Gasteiger partial charge in [0.25, 0.3) is 0 Å². The van der Waals surface area contributed by atoms with Gasteiger partial charge in [-0.1, -0.05) is 30.7 Å². The zero-order chi connectivity index (χ0) is 17.6. The number of ether oxygens (including phenoxy) is 1. The van der Waals surface area contributed by atoms with Gasteiger partial charge >= 0.3 is 5.63 Å². The molecule has 0 bridgehead atoms. The molecule has 25 heavy (non-hydrogen) atoms. The topological polar surface area (TPSA) is 42.7 Å². The summed E-state index contributed by atoms with van der Waals surface area (Å²) in [5, 5.41) is 1.43. The van der Waals surface area contributed by atoms with Crippen LogP contribution < -0.4 is 15.3 Å². The molecule has 0 amide bonds. The van der Waals surface area contributed by atoms with Gasteiger partial charge in [0.05, 0.1) is 17.1 Å². The summed E-state index contributed by atoms with van der Waals surface area (Å²) in [6, 6.07) is 11.6. The van der Waals surface area contributed by atoms with Crippen LogP contribution in [0.5, 0.6) is 5.75 Å². The van der Waals surface area contributed by atoms with Gasteiger partial charge in [0.1, 0.15) is 11.3 Å². The van der Waals surface area contributed by atoms with Crippen molar-refractivity contribution in [1.29, 1.82) is 0 Å². The standard InChI is InChI=1S/C20H18ClNO3/c1-3-13-8-18(23)25-19-15(13)9-17(21)20-16(19)10-22(11-24-20)14-6-4-5-12(2)7-14/h4-9H,3,10-11H2,1-2H3. The second kappa shape index (κ2) is 6.12. The van der Waals surface area contributed by atoms with E-state index in [4.69, 9.17) is 20.8 Å². The van der Waals surface area contributed by atoms with Gasteiger partial charge in [-0.05, 0) is 42.7 Å². The van der Waals surface area contributed by atoms with Crippen LogP contribution in [-0.2, 0) is 13.0 Å². The highest BCUT2D eigenvalue weighted by Crippen LogP contribution is 2.40. The number of anilines is 1. The highest BCUT2D eigenvalue weighted by Gasteiger charge is 2.25. The summed E-state index contributed by atoms with van der Waals surface area (Å²) >= 11 is 6.45. The molecule has 0 spiro atoms. The first kappa shape index (κ1) is 16.0. The van der Waals surface area contributed by atoms with Gasteiger partial charge in [-0.3, -0.25) is 0 Å². The number of aryl methyl sites for hydroxylation is 2. The van der Waals surface area contributed by atoms with Gasteiger partial charge in [-0.15, -0.1) is 0 Å². The first-order chi connectivity index (χ1) is 12.1. The Balaban J connectivity index is 1.89. The first-order valence-electron chi connectivity index (χ1n) is 8.29. The van der Waals surface area contributed by atoms with E-state index in [9.17, 15) is 4.79 Å². The molecule has 2 heterocycles. The Kier molecular flexibility index (Phi) is 3.92. The monoisotopic (exact) mass is 355 g/mol. The third kappa shape index (κ3) is 2.76. The average molecular weight is 356 g/mol. The fraction of sp³-hybridized carbons (Fsp3) is 0.250. The molecule has 0 saturated carbocycles. The third-order valence-electron chi connectivity index (χ3n) is 4.58. The van der Waals surface area contributed by atoms with Crippen molar-refractivity contribution in [2.24, 2.45) is 0 Å². The third-order valence-corrected chi connectivity index (χ3v) is 4.86. The van der Waals surface area contributed by atoms with Crippen molar-refractivity contribution in [3.8, 4) is 5.75 Å². The van der Waals surface area contributed by atoms with Crippen molar-refractivity contribution < 1.29 is 9.15 Å². The van der Waals surface area contributed by atoms with Gasteiger partial charge in [0.2, 0.25) is 0 Å². The van der Waals surface area contributed by atoms with E-state index in [1.807, 2.05) is 25.1 Å². The van der Waals surface area contributed by atoms with E-state index in [-0.39, 0.29) is 5.63 Å². The van der Waals surface area contributed by atoms with Crippen LogP contribution in [0.15, 0.2) is 45.6 Å². The number of hydrogen-bond donors (Lipinski definition) is 0. The summed E-state index contributed by atoms with van der Waals surface area (Å²) in [5.41, 5.74) is 4.22. The minimum Gasteiger partial charge on any atom is -0.471 e. The molecule has 1 aliphatic heterocycles. The van der Waals surface area contributed by atoms with Crippen molar-refractivity contribution in [2.75, 3.05) is 11.6 Å². The van der Waals surface area contributed by atoms with Crippen LogP contribution in [0.1, 0.15) is 23.6 Å². The van der Waals surface area contributed by atoms with Crippen LogP contribution >= 0.6 is 11.6 Å². The van der Waals surface area contributed by atoms with E-state index < -0.39 is 0 Å². The molecule has 0 saturated heterocycles. The van der Waals surface area contributed by atoms with Crippen LogP contribution in [0.25, 0.3) is 11.0 Å². The van der Waals surface area contributed by atoms with Crippen molar-refractivity contribution in [3.05, 3.63) is 68.5 Å². The number of benzene rings is 2. The van der Waals surface area contributed by atoms with Crippen LogP contribution in [0.3, 0.4) is 0 Å². The largest absolute Gasteiger partial charge is 0.471 e. The molecule has 0 N–H and O–H groups in total. The minimum absolute atomic E-state index is 0.346. The summed E-state index contributed by atoms with van der Waals surface area (Å²) in [7, 11) is 0. The Morgan fingerprint density at radius 1 is 1.24 bits per heavy atom. The SMILES string of the molecule is CCc1cc(=O)oc2c3c(c(Cl)cc12)OCN(c1cccc(C)c1)C3. The molecule has 3 aromatic rings. The highest BCUT2D eigenvalue weighted by atomic mass is 35.5. The Morgan fingerprint density at radius 3 is 2.84 bits per heavy atom. The summed E-state index contributed by atoms with van der Waals surface area (Å²) in [5.74, 6) is 0.606. The molecular weight excluding hydrogens is 338 g/mol. The quantitative estimate of drug-likeness (QED) is 0.626. The first-order valence-corrected chi connectivity index (χ1v) is 8.67.